The highest BCUT2D eigenvalue weighted by Gasteiger charge is 2.11. The SMILES string of the molecule is CC(C)CNC(=O)COC(=O)c1ccc(N)c(Cl)c1. The van der Waals surface area contributed by atoms with Crippen molar-refractivity contribution < 1.29 is 14.3 Å². The number of nitrogen functional groups attached to an aromatic ring is 1. The third kappa shape index (κ3) is 5.18. The van der Waals surface area contributed by atoms with Crippen LogP contribution in [-0.4, -0.2) is 25.0 Å². The fourth-order valence-corrected chi connectivity index (χ4v) is 1.42. The first-order valence-corrected chi connectivity index (χ1v) is 6.26. The number of nitrogens with one attached hydrogen (secondary N) is 1. The van der Waals surface area contributed by atoms with Crippen molar-refractivity contribution in [3.63, 3.8) is 0 Å². The normalized spacial score (nSPS) is 10.3. The Morgan fingerprint density at radius 3 is 2.68 bits per heavy atom. The summed E-state index contributed by atoms with van der Waals surface area (Å²) in [4.78, 5) is 23.0. The van der Waals surface area contributed by atoms with Gasteiger partial charge in [-0.1, -0.05) is 25.4 Å². The fraction of sp³-hybridized carbons (Fsp3) is 0.385. The van der Waals surface area contributed by atoms with Gasteiger partial charge < -0.3 is 15.8 Å². The topological polar surface area (TPSA) is 81.4 Å². The molecule has 104 valence electrons. The van der Waals surface area contributed by atoms with Gasteiger partial charge in [0.05, 0.1) is 16.3 Å². The molecule has 0 aliphatic carbocycles. The van der Waals surface area contributed by atoms with Crippen molar-refractivity contribution in [1.82, 2.24) is 5.32 Å². The van der Waals surface area contributed by atoms with Gasteiger partial charge in [-0.2, -0.15) is 0 Å². The van der Waals surface area contributed by atoms with Gasteiger partial charge in [0.2, 0.25) is 0 Å². The van der Waals surface area contributed by atoms with Crippen molar-refractivity contribution in [2.45, 2.75) is 13.8 Å². The average Bonchev–Trinajstić information content (AvgIpc) is 2.36. The van der Waals surface area contributed by atoms with Crippen molar-refractivity contribution >= 4 is 29.2 Å². The number of ether oxygens (including phenoxy) is 1. The quantitative estimate of drug-likeness (QED) is 0.639. The van der Waals surface area contributed by atoms with Gasteiger partial charge in [-0.3, -0.25) is 4.79 Å². The van der Waals surface area contributed by atoms with Crippen molar-refractivity contribution in [1.29, 1.82) is 0 Å². The number of rotatable bonds is 5. The summed E-state index contributed by atoms with van der Waals surface area (Å²) < 4.78 is 4.87. The second-order valence-corrected chi connectivity index (χ2v) is 4.92. The van der Waals surface area contributed by atoms with Crippen molar-refractivity contribution in [2.75, 3.05) is 18.9 Å². The third-order valence-corrected chi connectivity index (χ3v) is 2.61. The molecule has 6 heteroatoms. The minimum Gasteiger partial charge on any atom is -0.452 e. The molecule has 0 bridgehead atoms. The third-order valence-electron chi connectivity index (χ3n) is 2.28. The second kappa shape index (κ2) is 6.99. The molecule has 0 aliphatic heterocycles. The summed E-state index contributed by atoms with van der Waals surface area (Å²) in [5, 5.41) is 2.92. The van der Waals surface area contributed by atoms with Gasteiger partial charge in [0.15, 0.2) is 6.61 Å². The standard InChI is InChI=1S/C13H17ClN2O3/c1-8(2)6-16-12(17)7-19-13(18)9-3-4-11(15)10(14)5-9/h3-5,8H,6-7,15H2,1-2H3,(H,16,17). The van der Waals surface area contributed by atoms with E-state index in [1.807, 2.05) is 13.8 Å². The van der Waals surface area contributed by atoms with E-state index in [1.165, 1.54) is 18.2 Å². The lowest BCUT2D eigenvalue weighted by atomic mass is 10.2. The van der Waals surface area contributed by atoms with E-state index in [2.05, 4.69) is 5.32 Å². The molecule has 0 saturated heterocycles. The number of halogens is 1. The Balaban J connectivity index is 2.47. The van der Waals surface area contributed by atoms with Crippen LogP contribution < -0.4 is 11.1 Å². The Morgan fingerprint density at radius 2 is 2.11 bits per heavy atom. The van der Waals surface area contributed by atoms with Crippen molar-refractivity contribution in [3.05, 3.63) is 28.8 Å². The van der Waals surface area contributed by atoms with E-state index in [-0.39, 0.29) is 23.1 Å². The van der Waals surface area contributed by atoms with Crippen LogP contribution in [0.1, 0.15) is 24.2 Å². The molecule has 0 aliphatic rings. The van der Waals surface area contributed by atoms with Crippen molar-refractivity contribution in [2.24, 2.45) is 5.92 Å². The fourth-order valence-electron chi connectivity index (χ4n) is 1.24. The van der Waals surface area contributed by atoms with Gasteiger partial charge in [0.25, 0.3) is 5.91 Å². The molecule has 5 nitrogen and oxygen atoms in total. The zero-order valence-corrected chi connectivity index (χ0v) is 11.7. The van der Waals surface area contributed by atoms with Gasteiger partial charge in [-0.25, -0.2) is 4.79 Å². The number of carbonyl (C=O) groups excluding carboxylic acids is 2. The number of hydrogen-bond acceptors (Lipinski definition) is 4. The zero-order valence-electron chi connectivity index (χ0n) is 10.9. The summed E-state index contributed by atoms with van der Waals surface area (Å²) in [5.41, 5.74) is 6.17. The summed E-state index contributed by atoms with van der Waals surface area (Å²) in [6.45, 7) is 4.18. The molecule has 0 heterocycles. The van der Waals surface area contributed by atoms with Crippen LogP contribution in [-0.2, 0) is 9.53 Å². The second-order valence-electron chi connectivity index (χ2n) is 4.51. The van der Waals surface area contributed by atoms with E-state index >= 15 is 0 Å². The van der Waals surface area contributed by atoms with E-state index in [0.29, 0.717) is 18.2 Å². The summed E-state index contributed by atoms with van der Waals surface area (Å²) >= 11 is 5.79. The summed E-state index contributed by atoms with van der Waals surface area (Å²) in [6.07, 6.45) is 0. The van der Waals surface area contributed by atoms with Gasteiger partial charge in [0, 0.05) is 6.54 Å². The Morgan fingerprint density at radius 1 is 1.42 bits per heavy atom. The number of esters is 1. The molecule has 1 aromatic rings. The Hall–Kier alpha value is -1.75. The molecule has 1 rings (SSSR count). The van der Waals surface area contributed by atoms with Crippen molar-refractivity contribution in [3.8, 4) is 0 Å². The number of nitrogens with two attached hydrogens (primary N) is 1. The van der Waals surface area contributed by atoms with Crippen LogP contribution in [0.4, 0.5) is 5.69 Å². The Kier molecular flexibility index (Phi) is 5.63. The van der Waals surface area contributed by atoms with Crippen LogP contribution in [0.2, 0.25) is 5.02 Å². The lowest BCUT2D eigenvalue weighted by Crippen LogP contribution is -2.31. The molecule has 19 heavy (non-hydrogen) atoms. The first-order chi connectivity index (χ1) is 8.90. The highest BCUT2D eigenvalue weighted by molar-refractivity contribution is 6.33. The lowest BCUT2D eigenvalue weighted by molar-refractivity contribution is -0.124. The molecule has 1 aromatic carbocycles. The Labute approximate surface area is 117 Å². The number of amides is 1. The smallest absolute Gasteiger partial charge is 0.338 e. The van der Waals surface area contributed by atoms with Crippen LogP contribution in [0, 0.1) is 5.92 Å². The molecule has 0 radical (unpaired) electrons. The minimum atomic E-state index is -0.610. The highest BCUT2D eigenvalue weighted by Crippen LogP contribution is 2.19. The maximum atomic E-state index is 11.6. The average molecular weight is 285 g/mol. The molecule has 3 N–H and O–H groups in total. The first kappa shape index (κ1) is 15.3. The molecule has 0 fully saturated rings. The minimum absolute atomic E-state index is 0.260. The van der Waals surface area contributed by atoms with Crippen LogP contribution in [0.3, 0.4) is 0 Å². The lowest BCUT2D eigenvalue weighted by Gasteiger charge is -2.08. The molecule has 0 atom stereocenters. The van der Waals surface area contributed by atoms with E-state index in [9.17, 15) is 9.59 Å². The van der Waals surface area contributed by atoms with Crippen LogP contribution in [0.15, 0.2) is 18.2 Å². The predicted octanol–water partition coefficient (Wildman–Crippen LogP) is 1.85. The van der Waals surface area contributed by atoms with E-state index in [1.54, 1.807) is 0 Å². The zero-order chi connectivity index (χ0) is 14.4. The predicted molar refractivity (Wildman–Crippen MR) is 74.0 cm³/mol. The largest absolute Gasteiger partial charge is 0.452 e. The molecule has 0 spiro atoms. The number of hydrogen-bond donors (Lipinski definition) is 2. The highest BCUT2D eigenvalue weighted by atomic mass is 35.5. The van der Waals surface area contributed by atoms with Gasteiger partial charge in [-0.15, -0.1) is 0 Å². The molecular formula is C13H17ClN2O3. The summed E-state index contributed by atoms with van der Waals surface area (Å²) in [5.74, 6) is -0.597. The molecular weight excluding hydrogens is 268 g/mol. The maximum absolute atomic E-state index is 11.6. The van der Waals surface area contributed by atoms with Crippen LogP contribution in [0.25, 0.3) is 0 Å². The molecule has 0 saturated carbocycles. The molecule has 0 aromatic heterocycles. The monoisotopic (exact) mass is 284 g/mol. The number of anilines is 1. The number of carbonyl (C=O) groups is 2. The number of benzene rings is 1. The molecule has 1 amide bonds. The summed E-state index contributed by atoms with van der Waals surface area (Å²) in [6, 6.07) is 4.42. The van der Waals surface area contributed by atoms with E-state index < -0.39 is 5.97 Å². The Bertz CT molecular complexity index is 475. The maximum Gasteiger partial charge on any atom is 0.338 e. The van der Waals surface area contributed by atoms with Crippen LogP contribution in [0.5, 0.6) is 0 Å². The summed E-state index contributed by atoms with van der Waals surface area (Å²) in [7, 11) is 0. The van der Waals surface area contributed by atoms with Crippen LogP contribution >= 0.6 is 11.6 Å². The van der Waals surface area contributed by atoms with E-state index in [0.717, 1.165) is 0 Å². The van der Waals surface area contributed by atoms with Gasteiger partial charge in [-0.05, 0) is 24.1 Å². The first-order valence-electron chi connectivity index (χ1n) is 5.89. The van der Waals surface area contributed by atoms with E-state index in [4.69, 9.17) is 22.1 Å². The van der Waals surface area contributed by atoms with Gasteiger partial charge in [0.1, 0.15) is 0 Å². The van der Waals surface area contributed by atoms with Gasteiger partial charge >= 0.3 is 5.97 Å². The molecule has 0 unspecified atom stereocenters.